The summed E-state index contributed by atoms with van der Waals surface area (Å²) in [6.07, 6.45) is 9.96. The molecule has 4 aromatic heterocycles. The van der Waals surface area contributed by atoms with Crippen LogP contribution in [0.3, 0.4) is 0 Å². The Morgan fingerprint density at radius 1 is 0.312 bits per heavy atom. The maximum atomic E-state index is 15.3. The summed E-state index contributed by atoms with van der Waals surface area (Å²) < 4.78 is 206. The number of hydrogen-bond donors (Lipinski definition) is 4. The number of hydrogen-bond acceptors (Lipinski definition) is 12. The van der Waals surface area contributed by atoms with Gasteiger partial charge in [-0.25, -0.2) is 71.9 Å². The number of halogens is 12. The summed E-state index contributed by atoms with van der Waals surface area (Å²) in [5, 5.41) is 38.7. The first kappa shape index (κ1) is 93.4. The minimum Gasteiger partial charge on any atom is -0.478 e. The third kappa shape index (κ3) is 20.8. The van der Waals surface area contributed by atoms with Crippen LogP contribution >= 0.6 is 0 Å². The molecular formula is C100H96F12N4O12. The number of carboxylic acids is 4. The number of furan rings is 4. The number of carbonyl (C=O) groups is 4. The Bertz CT molecular complexity index is 5500. The Kier molecular flexibility index (Phi) is 27.2. The number of alkyl halides is 4. The molecule has 4 N–H and O–H groups in total. The van der Waals surface area contributed by atoms with Gasteiger partial charge in [-0.3, -0.25) is 19.6 Å². The van der Waals surface area contributed by atoms with E-state index in [1.54, 1.807) is 43.9 Å². The fourth-order valence-corrected chi connectivity index (χ4v) is 17.9. The molecule has 0 radical (unpaired) electrons. The van der Waals surface area contributed by atoms with Gasteiger partial charge in [0.05, 0.1) is 0 Å². The minimum absolute atomic E-state index is 0.0468. The van der Waals surface area contributed by atoms with Crippen molar-refractivity contribution in [1.29, 1.82) is 0 Å². The maximum Gasteiger partial charge on any atom is 0.328 e. The van der Waals surface area contributed by atoms with Crippen LogP contribution in [0.5, 0.6) is 0 Å². The van der Waals surface area contributed by atoms with E-state index in [0.717, 1.165) is 141 Å². The first-order chi connectivity index (χ1) is 60.2. The molecule has 8 atom stereocenters. The highest BCUT2D eigenvalue weighted by atomic mass is 19.2. The average molecular weight is 1770 g/mol. The van der Waals surface area contributed by atoms with Gasteiger partial charge in [-0.2, -0.15) is 0 Å². The molecule has 8 aromatic carbocycles. The Morgan fingerprint density at radius 2 is 0.477 bits per heavy atom. The standard InChI is InChI=1S/4C25H24F3NO3/c4*1-14-10-17-16-6-4-5-7-20(16)32-24(17)23(29(14)13-25(2,3)28)22-18(26)11-15(12-19(22)27)8-9-21(30)31/h4*4-9,11-12,14,23H,10,13H2,1-3H3,(H,30,31)/b4*9-8+/t3*14-,23-;/m110./s1. The number of fused-ring (bicyclic) bond motifs is 12. The van der Waals surface area contributed by atoms with Crippen molar-refractivity contribution >= 4 is 92.1 Å². The molecule has 0 saturated carbocycles. The van der Waals surface area contributed by atoms with E-state index in [0.29, 0.717) is 71.1 Å². The Labute approximate surface area is 730 Å². The van der Waals surface area contributed by atoms with Crippen molar-refractivity contribution in [3.63, 3.8) is 0 Å². The van der Waals surface area contributed by atoms with E-state index in [-0.39, 0.29) is 94.9 Å². The summed E-state index contributed by atoms with van der Waals surface area (Å²) in [7, 11) is 0. The molecule has 28 heteroatoms. The molecule has 0 spiro atoms. The lowest BCUT2D eigenvalue weighted by molar-refractivity contribution is -0.132. The lowest BCUT2D eigenvalue weighted by Gasteiger charge is -2.42. The van der Waals surface area contributed by atoms with E-state index in [4.69, 9.17) is 38.1 Å². The van der Waals surface area contributed by atoms with Crippen molar-refractivity contribution in [2.24, 2.45) is 0 Å². The first-order valence-electron chi connectivity index (χ1n) is 41.6. The predicted molar refractivity (Wildman–Crippen MR) is 465 cm³/mol. The molecule has 2 unspecified atom stereocenters. The van der Waals surface area contributed by atoms with Crippen LogP contribution in [0.4, 0.5) is 52.7 Å². The van der Waals surface area contributed by atoms with Crippen LogP contribution in [0.2, 0.25) is 0 Å². The number of benzene rings is 8. The summed E-state index contributed by atoms with van der Waals surface area (Å²) in [6.45, 7) is 18.9. The van der Waals surface area contributed by atoms with Gasteiger partial charge in [-0.05, 0) is 228 Å². The van der Waals surface area contributed by atoms with Gasteiger partial charge in [0.2, 0.25) is 0 Å². The number of rotatable bonds is 20. The van der Waals surface area contributed by atoms with Crippen molar-refractivity contribution in [3.8, 4) is 0 Å². The highest BCUT2D eigenvalue weighted by molar-refractivity contribution is 5.89. The van der Waals surface area contributed by atoms with Crippen LogP contribution in [0.1, 0.15) is 197 Å². The third-order valence-corrected chi connectivity index (χ3v) is 22.9. The Morgan fingerprint density at radius 3 is 0.633 bits per heavy atom. The van der Waals surface area contributed by atoms with Crippen LogP contribution in [-0.4, -0.2) is 137 Å². The molecule has 8 heterocycles. The normalized spacial score (nSPS) is 19.6. The Hall–Kier alpha value is -12.2. The molecular weight excluding hydrogens is 1680 g/mol. The molecule has 0 amide bonds. The number of carboxylic acid groups (broad SMARTS) is 4. The fraction of sp³-hybridized carbons (Fsp3) is 0.320. The summed E-state index contributed by atoms with van der Waals surface area (Å²) in [5.74, 6) is -10.0. The van der Waals surface area contributed by atoms with Crippen molar-refractivity contribution in [1.82, 2.24) is 19.6 Å². The smallest absolute Gasteiger partial charge is 0.328 e. The summed E-state index contributed by atoms with van der Waals surface area (Å²) in [6, 6.07) is 33.6. The van der Waals surface area contributed by atoms with E-state index in [2.05, 4.69) is 0 Å². The average Bonchev–Trinajstić information content (AvgIpc) is 1.59. The van der Waals surface area contributed by atoms with E-state index >= 15 is 35.1 Å². The second-order valence-electron chi connectivity index (χ2n) is 35.4. The van der Waals surface area contributed by atoms with E-state index < -0.39 is 117 Å². The van der Waals surface area contributed by atoms with Crippen LogP contribution < -0.4 is 0 Å². The molecule has 128 heavy (non-hydrogen) atoms. The SMILES string of the molecule is CC1Cc2c(oc3ccccc23)C(c2c(F)cc(/C=C/C(=O)O)cc2F)N1CC(C)(C)F.C[C@@H]1Cc2c(oc3ccccc23)[C@@H](c2c(F)cc(/C=C/C(=O)O)cc2F)N1CC(C)(C)F.C[C@@H]1Cc2c(oc3ccccc23)[C@@H](c2c(F)cc(/C=C/C(=O)O)cc2F)N1CC(C)(C)F.C[C@H]1Cc2c(oc3ccccc23)[C@H](c2c(F)cc(/C=C/C(=O)O)cc2F)N1CC(C)(C)F. The zero-order valence-electron chi connectivity index (χ0n) is 72.1. The van der Waals surface area contributed by atoms with Crippen LogP contribution in [0.15, 0.2) is 188 Å². The van der Waals surface area contributed by atoms with Gasteiger partial charge in [0, 0.05) is 141 Å². The first-order valence-corrected chi connectivity index (χ1v) is 41.6. The summed E-state index contributed by atoms with van der Waals surface area (Å²) in [4.78, 5) is 50.0. The highest BCUT2D eigenvalue weighted by Crippen LogP contribution is 2.51. The highest BCUT2D eigenvalue weighted by Gasteiger charge is 2.48. The monoisotopic (exact) mass is 1770 g/mol. The molecule has 0 bridgehead atoms. The van der Waals surface area contributed by atoms with E-state index in [9.17, 15) is 36.7 Å². The minimum atomic E-state index is -1.60. The molecule has 12 aromatic rings. The largest absolute Gasteiger partial charge is 0.478 e. The Balaban J connectivity index is 0.000000146. The van der Waals surface area contributed by atoms with Crippen molar-refractivity contribution in [2.45, 2.75) is 180 Å². The quantitative estimate of drug-likeness (QED) is 0.0412. The molecule has 0 fully saturated rings. The van der Waals surface area contributed by atoms with Gasteiger partial charge < -0.3 is 38.1 Å². The van der Waals surface area contributed by atoms with E-state index in [1.165, 1.54) is 55.4 Å². The molecule has 0 aliphatic carbocycles. The van der Waals surface area contributed by atoms with Gasteiger partial charge in [0.1, 0.15) is 139 Å². The third-order valence-electron chi connectivity index (χ3n) is 22.9. The van der Waals surface area contributed by atoms with Gasteiger partial charge in [0.25, 0.3) is 0 Å². The van der Waals surface area contributed by atoms with Crippen LogP contribution in [0.25, 0.3) is 68.2 Å². The summed E-state index contributed by atoms with van der Waals surface area (Å²) >= 11 is 0. The molecule has 672 valence electrons. The number of para-hydroxylation sites is 4. The second kappa shape index (κ2) is 37.2. The zero-order valence-corrected chi connectivity index (χ0v) is 72.1. The van der Waals surface area contributed by atoms with E-state index in [1.807, 2.05) is 100 Å². The molecule has 0 saturated heterocycles. The van der Waals surface area contributed by atoms with Crippen LogP contribution in [-0.2, 0) is 44.9 Å². The van der Waals surface area contributed by atoms with Crippen LogP contribution in [0, 0.1) is 46.5 Å². The van der Waals surface area contributed by atoms with Gasteiger partial charge in [-0.1, -0.05) is 72.8 Å². The van der Waals surface area contributed by atoms with Gasteiger partial charge in [-0.15, -0.1) is 0 Å². The number of nitrogens with zero attached hydrogens (tertiary/aromatic N) is 4. The van der Waals surface area contributed by atoms with Gasteiger partial charge in [0.15, 0.2) is 0 Å². The lowest BCUT2D eigenvalue weighted by Crippen LogP contribution is -2.48. The maximum absolute atomic E-state index is 15.3. The number of aliphatic carboxylic acids is 4. The lowest BCUT2D eigenvalue weighted by atomic mass is 9.87. The second-order valence-corrected chi connectivity index (χ2v) is 35.4. The predicted octanol–water partition coefficient (Wildman–Crippen LogP) is 23.6. The topological polar surface area (TPSA) is 215 Å². The van der Waals surface area contributed by atoms with Crippen molar-refractivity contribution in [2.75, 3.05) is 26.2 Å². The molecule has 4 aliphatic rings. The fourth-order valence-electron chi connectivity index (χ4n) is 17.9. The molecule has 16 nitrogen and oxygen atoms in total. The van der Waals surface area contributed by atoms with Gasteiger partial charge >= 0.3 is 23.9 Å². The molecule has 16 rings (SSSR count). The van der Waals surface area contributed by atoms with Crippen molar-refractivity contribution < 1.29 is 110 Å². The van der Waals surface area contributed by atoms with Crippen molar-refractivity contribution in [3.05, 3.63) is 306 Å². The zero-order chi connectivity index (χ0) is 92.8. The summed E-state index contributed by atoms with van der Waals surface area (Å²) in [5.41, 5.74) is -1.18. The molecule has 4 aliphatic heterocycles.